The highest BCUT2D eigenvalue weighted by atomic mass is 16.5. The molecule has 2 rings (SSSR count). The summed E-state index contributed by atoms with van der Waals surface area (Å²) < 4.78 is 5.40. The van der Waals surface area contributed by atoms with Gasteiger partial charge in [-0.05, 0) is 63.6 Å². The van der Waals surface area contributed by atoms with Crippen LogP contribution in [0.5, 0.6) is 0 Å². The maximum atomic E-state index is 12.2. The molecule has 1 atom stereocenters. The van der Waals surface area contributed by atoms with Crippen molar-refractivity contribution in [2.24, 2.45) is 5.73 Å². The molecule has 1 aromatic rings. The Kier molecular flexibility index (Phi) is 9.37. The first-order valence-corrected chi connectivity index (χ1v) is 10.4. The Hall–Kier alpha value is -1.99. The Morgan fingerprint density at radius 2 is 1.89 bits per heavy atom. The smallest absolute Gasteiger partial charge is 0.323 e. The standard InChI is InChI=1S/C21H34N4O3/c1-16(25-13-10-19(26)11-14-25)21(27)28-15-5-3-6-17-8-9-18(24-20(17)23)7-2-4-12-22/h8-9,16H,2-7,10-15,22H2,1H3,(H2,23,24). The number of unbranched alkanes of at least 4 members (excludes halogenated alkanes) is 2. The van der Waals surface area contributed by atoms with E-state index in [1.807, 2.05) is 24.0 Å². The molecule has 28 heavy (non-hydrogen) atoms. The van der Waals surface area contributed by atoms with E-state index >= 15 is 0 Å². The van der Waals surface area contributed by atoms with Gasteiger partial charge in [0.25, 0.3) is 0 Å². The highest BCUT2D eigenvalue weighted by Gasteiger charge is 2.26. The third-order valence-corrected chi connectivity index (χ3v) is 5.29. The number of Topliss-reactive ketones (excluding diaryl/α,β-unsaturated/α-hetero) is 1. The molecule has 1 saturated heterocycles. The lowest BCUT2D eigenvalue weighted by Crippen LogP contribution is -2.44. The summed E-state index contributed by atoms with van der Waals surface area (Å²) in [6, 6.07) is 3.79. The zero-order chi connectivity index (χ0) is 20.4. The number of anilines is 1. The fraction of sp³-hybridized carbons (Fsp3) is 0.667. The van der Waals surface area contributed by atoms with E-state index in [0.717, 1.165) is 49.8 Å². The number of ether oxygens (including phenoxy) is 1. The number of aromatic nitrogens is 1. The molecule has 0 bridgehead atoms. The molecule has 7 heteroatoms. The predicted molar refractivity (Wildman–Crippen MR) is 110 cm³/mol. The molecule has 4 N–H and O–H groups in total. The molecule has 156 valence electrons. The van der Waals surface area contributed by atoms with Crippen LogP contribution in [-0.2, 0) is 27.2 Å². The van der Waals surface area contributed by atoms with Crippen molar-refractivity contribution in [3.8, 4) is 0 Å². The minimum Gasteiger partial charge on any atom is -0.465 e. The summed E-state index contributed by atoms with van der Waals surface area (Å²) in [6.45, 7) is 4.24. The van der Waals surface area contributed by atoms with Crippen molar-refractivity contribution in [2.75, 3.05) is 32.0 Å². The maximum absolute atomic E-state index is 12.2. The minimum absolute atomic E-state index is 0.211. The van der Waals surface area contributed by atoms with Crippen LogP contribution in [0.3, 0.4) is 0 Å². The summed E-state index contributed by atoms with van der Waals surface area (Å²) in [5, 5.41) is 0. The highest BCUT2D eigenvalue weighted by molar-refractivity contribution is 5.80. The van der Waals surface area contributed by atoms with Crippen LogP contribution in [0.15, 0.2) is 12.1 Å². The second-order valence-corrected chi connectivity index (χ2v) is 7.47. The van der Waals surface area contributed by atoms with E-state index in [9.17, 15) is 9.59 Å². The first kappa shape index (κ1) is 22.3. The minimum atomic E-state index is -0.292. The van der Waals surface area contributed by atoms with E-state index in [1.165, 1.54) is 0 Å². The number of aryl methyl sites for hydroxylation is 2. The van der Waals surface area contributed by atoms with Crippen LogP contribution < -0.4 is 11.5 Å². The van der Waals surface area contributed by atoms with E-state index < -0.39 is 0 Å². The van der Waals surface area contributed by atoms with Gasteiger partial charge in [0.2, 0.25) is 0 Å². The lowest BCUT2D eigenvalue weighted by molar-refractivity contribution is -0.150. The topological polar surface area (TPSA) is 112 Å². The molecule has 0 amide bonds. The second-order valence-electron chi connectivity index (χ2n) is 7.47. The SMILES string of the molecule is CC(C(=O)OCCCCc1ccc(CCCCN)nc1N)N1CCC(=O)CC1. The predicted octanol–water partition coefficient (Wildman–Crippen LogP) is 1.86. The fourth-order valence-corrected chi connectivity index (χ4v) is 3.37. The van der Waals surface area contributed by atoms with Gasteiger partial charge in [0, 0.05) is 31.6 Å². The molecule has 0 aromatic carbocycles. The van der Waals surface area contributed by atoms with Gasteiger partial charge in [-0.25, -0.2) is 4.98 Å². The number of hydrogen-bond acceptors (Lipinski definition) is 7. The normalized spacial score (nSPS) is 16.1. The number of nitrogens with two attached hydrogens (primary N) is 2. The number of carbonyl (C=O) groups is 2. The Labute approximate surface area is 167 Å². The van der Waals surface area contributed by atoms with Crippen LogP contribution >= 0.6 is 0 Å². The van der Waals surface area contributed by atoms with E-state index in [4.69, 9.17) is 16.2 Å². The van der Waals surface area contributed by atoms with Crippen LogP contribution in [0.25, 0.3) is 0 Å². The molecule has 2 heterocycles. The van der Waals surface area contributed by atoms with Crippen LogP contribution in [0, 0.1) is 0 Å². The molecular formula is C21H34N4O3. The maximum Gasteiger partial charge on any atom is 0.323 e. The van der Waals surface area contributed by atoms with Gasteiger partial charge in [-0.3, -0.25) is 14.5 Å². The van der Waals surface area contributed by atoms with E-state index in [2.05, 4.69) is 4.98 Å². The van der Waals surface area contributed by atoms with Crippen molar-refractivity contribution in [3.63, 3.8) is 0 Å². The third-order valence-electron chi connectivity index (χ3n) is 5.29. The average Bonchev–Trinajstić information content (AvgIpc) is 2.69. The molecule has 1 unspecified atom stereocenters. The van der Waals surface area contributed by atoms with Crippen molar-refractivity contribution >= 4 is 17.6 Å². The molecule has 0 aliphatic carbocycles. The summed E-state index contributed by atoms with van der Waals surface area (Å²) >= 11 is 0. The Bertz CT molecular complexity index is 641. The molecular weight excluding hydrogens is 356 g/mol. The van der Waals surface area contributed by atoms with Gasteiger partial charge in [0.05, 0.1) is 6.61 Å². The first-order valence-electron chi connectivity index (χ1n) is 10.4. The second kappa shape index (κ2) is 11.8. The van der Waals surface area contributed by atoms with E-state index in [1.54, 1.807) is 0 Å². The van der Waals surface area contributed by atoms with Crippen molar-refractivity contribution in [2.45, 2.75) is 64.3 Å². The number of carbonyl (C=O) groups excluding carboxylic acids is 2. The number of pyridine rings is 1. The molecule has 1 aromatic heterocycles. The van der Waals surface area contributed by atoms with Gasteiger partial charge in [-0.1, -0.05) is 6.07 Å². The van der Waals surface area contributed by atoms with E-state index in [-0.39, 0.29) is 17.8 Å². The van der Waals surface area contributed by atoms with Crippen molar-refractivity contribution in [3.05, 3.63) is 23.4 Å². The van der Waals surface area contributed by atoms with Crippen molar-refractivity contribution < 1.29 is 14.3 Å². The summed E-state index contributed by atoms with van der Waals surface area (Å²) in [6.07, 6.45) is 6.48. The Morgan fingerprint density at radius 1 is 1.18 bits per heavy atom. The Morgan fingerprint density at radius 3 is 2.57 bits per heavy atom. The fourth-order valence-electron chi connectivity index (χ4n) is 3.37. The first-order chi connectivity index (χ1) is 13.5. The number of rotatable bonds is 11. The van der Waals surface area contributed by atoms with Crippen LogP contribution in [0.4, 0.5) is 5.82 Å². The molecule has 1 fully saturated rings. The van der Waals surface area contributed by atoms with Gasteiger partial charge in [0.15, 0.2) is 0 Å². The number of nitrogen functional groups attached to an aromatic ring is 1. The van der Waals surface area contributed by atoms with Crippen LogP contribution in [0.2, 0.25) is 0 Å². The van der Waals surface area contributed by atoms with Gasteiger partial charge >= 0.3 is 5.97 Å². The number of ketones is 1. The average molecular weight is 391 g/mol. The summed E-state index contributed by atoms with van der Waals surface area (Å²) in [4.78, 5) is 30.0. The van der Waals surface area contributed by atoms with Crippen LogP contribution in [-0.4, -0.2) is 53.9 Å². The summed E-state index contributed by atoms with van der Waals surface area (Å²) in [5.41, 5.74) is 13.6. The number of likely N-dealkylation sites (tertiary alicyclic amines) is 1. The summed E-state index contributed by atoms with van der Waals surface area (Å²) in [7, 11) is 0. The van der Waals surface area contributed by atoms with Crippen LogP contribution in [0.1, 0.15) is 56.7 Å². The summed E-state index contributed by atoms with van der Waals surface area (Å²) in [5.74, 6) is 0.655. The highest BCUT2D eigenvalue weighted by Crippen LogP contribution is 2.15. The lowest BCUT2D eigenvalue weighted by Gasteiger charge is -2.30. The van der Waals surface area contributed by atoms with E-state index in [0.29, 0.717) is 44.9 Å². The number of hydrogen-bond donors (Lipinski definition) is 2. The zero-order valence-electron chi connectivity index (χ0n) is 17.0. The molecule has 0 saturated carbocycles. The largest absolute Gasteiger partial charge is 0.465 e. The number of piperidine rings is 1. The Balaban J connectivity index is 1.64. The molecule has 1 aliphatic heterocycles. The number of esters is 1. The van der Waals surface area contributed by atoms with Crippen molar-refractivity contribution in [1.29, 1.82) is 0 Å². The number of nitrogens with zero attached hydrogens (tertiary/aromatic N) is 2. The molecule has 1 aliphatic rings. The van der Waals surface area contributed by atoms with Gasteiger partial charge < -0.3 is 16.2 Å². The molecule has 7 nitrogen and oxygen atoms in total. The monoisotopic (exact) mass is 390 g/mol. The quantitative estimate of drug-likeness (QED) is 0.438. The zero-order valence-corrected chi connectivity index (χ0v) is 17.0. The molecule has 0 spiro atoms. The van der Waals surface area contributed by atoms with Gasteiger partial charge in [-0.15, -0.1) is 0 Å². The third kappa shape index (κ3) is 7.20. The lowest BCUT2D eigenvalue weighted by atomic mass is 10.1. The van der Waals surface area contributed by atoms with Gasteiger partial charge in [0.1, 0.15) is 17.6 Å². The van der Waals surface area contributed by atoms with Crippen molar-refractivity contribution in [1.82, 2.24) is 9.88 Å². The molecule has 0 radical (unpaired) electrons. The van der Waals surface area contributed by atoms with Gasteiger partial charge in [-0.2, -0.15) is 0 Å².